The van der Waals surface area contributed by atoms with Crippen LogP contribution in [0.25, 0.3) is 0 Å². The van der Waals surface area contributed by atoms with Crippen LogP contribution in [0, 0.1) is 0 Å². The fourth-order valence-electron chi connectivity index (χ4n) is 2.49. The molecule has 2 aromatic rings. The van der Waals surface area contributed by atoms with E-state index in [0.717, 1.165) is 18.6 Å². The number of urea groups is 1. The maximum Gasteiger partial charge on any atom is 0.323 e. The number of ether oxygens (including phenoxy) is 1. The van der Waals surface area contributed by atoms with E-state index in [1.807, 2.05) is 12.1 Å². The Balaban J connectivity index is 1.72. The minimum atomic E-state index is -0.199. The Morgan fingerprint density at radius 3 is 3.19 bits per heavy atom. The SMILES string of the molecule is COc1cc(NC(=O)N2CCC[C@@H]2c2ccco2)ncn1. The molecule has 3 rings (SSSR count). The second kappa shape index (κ2) is 5.82. The second-order valence-corrected chi connectivity index (χ2v) is 4.74. The topological polar surface area (TPSA) is 80.5 Å². The van der Waals surface area contributed by atoms with Crippen molar-refractivity contribution in [1.82, 2.24) is 14.9 Å². The molecular formula is C14H16N4O3. The minimum absolute atomic E-state index is 0.0243. The van der Waals surface area contributed by atoms with Gasteiger partial charge in [0.15, 0.2) is 0 Å². The molecule has 1 atom stereocenters. The fourth-order valence-corrected chi connectivity index (χ4v) is 2.49. The summed E-state index contributed by atoms with van der Waals surface area (Å²) in [5, 5.41) is 2.76. The van der Waals surface area contributed by atoms with Crippen molar-refractivity contribution in [3.8, 4) is 5.88 Å². The zero-order valence-corrected chi connectivity index (χ0v) is 11.7. The molecule has 1 saturated heterocycles. The van der Waals surface area contributed by atoms with Gasteiger partial charge in [0, 0.05) is 12.6 Å². The van der Waals surface area contributed by atoms with Gasteiger partial charge in [-0.25, -0.2) is 14.8 Å². The molecule has 3 heterocycles. The molecule has 0 bridgehead atoms. The Hall–Kier alpha value is -2.57. The van der Waals surface area contributed by atoms with Gasteiger partial charge < -0.3 is 14.1 Å². The Labute approximate surface area is 121 Å². The van der Waals surface area contributed by atoms with Crippen LogP contribution in [0.3, 0.4) is 0 Å². The van der Waals surface area contributed by atoms with E-state index in [4.69, 9.17) is 9.15 Å². The summed E-state index contributed by atoms with van der Waals surface area (Å²) in [7, 11) is 1.52. The first-order valence-electron chi connectivity index (χ1n) is 6.75. The molecule has 1 aliphatic heterocycles. The van der Waals surface area contributed by atoms with Gasteiger partial charge >= 0.3 is 6.03 Å². The summed E-state index contributed by atoms with van der Waals surface area (Å²) >= 11 is 0. The van der Waals surface area contributed by atoms with Crippen LogP contribution in [0.4, 0.5) is 10.6 Å². The van der Waals surface area contributed by atoms with Crippen LogP contribution in [-0.2, 0) is 0 Å². The van der Waals surface area contributed by atoms with Gasteiger partial charge in [-0.1, -0.05) is 0 Å². The number of anilines is 1. The van der Waals surface area contributed by atoms with E-state index in [-0.39, 0.29) is 12.1 Å². The van der Waals surface area contributed by atoms with E-state index in [1.165, 1.54) is 13.4 Å². The monoisotopic (exact) mass is 288 g/mol. The summed E-state index contributed by atoms with van der Waals surface area (Å²) in [6.45, 7) is 0.694. The van der Waals surface area contributed by atoms with E-state index in [2.05, 4.69) is 15.3 Å². The van der Waals surface area contributed by atoms with E-state index in [0.29, 0.717) is 18.2 Å². The van der Waals surface area contributed by atoms with E-state index in [1.54, 1.807) is 17.2 Å². The number of likely N-dealkylation sites (tertiary alicyclic amines) is 1. The summed E-state index contributed by atoms with van der Waals surface area (Å²) in [4.78, 5) is 22.1. The van der Waals surface area contributed by atoms with Gasteiger partial charge in [-0.2, -0.15) is 0 Å². The quantitative estimate of drug-likeness (QED) is 0.938. The van der Waals surface area contributed by atoms with Crippen molar-refractivity contribution in [1.29, 1.82) is 0 Å². The number of aromatic nitrogens is 2. The number of hydrogen-bond acceptors (Lipinski definition) is 5. The Morgan fingerprint density at radius 2 is 2.43 bits per heavy atom. The van der Waals surface area contributed by atoms with Crippen molar-refractivity contribution in [2.75, 3.05) is 19.0 Å². The van der Waals surface area contributed by atoms with E-state index >= 15 is 0 Å². The van der Waals surface area contributed by atoms with Crippen LogP contribution in [0.1, 0.15) is 24.6 Å². The largest absolute Gasteiger partial charge is 0.481 e. The number of carbonyl (C=O) groups excluding carboxylic acids is 1. The molecule has 1 N–H and O–H groups in total. The number of nitrogens with zero attached hydrogens (tertiary/aromatic N) is 3. The predicted molar refractivity (Wildman–Crippen MR) is 75.0 cm³/mol. The van der Waals surface area contributed by atoms with E-state index < -0.39 is 0 Å². The maximum absolute atomic E-state index is 12.4. The van der Waals surface area contributed by atoms with Gasteiger partial charge in [-0.15, -0.1) is 0 Å². The van der Waals surface area contributed by atoms with Crippen molar-refractivity contribution >= 4 is 11.8 Å². The molecule has 0 unspecified atom stereocenters. The van der Waals surface area contributed by atoms with Gasteiger partial charge in [0.05, 0.1) is 19.4 Å². The molecule has 0 saturated carbocycles. The van der Waals surface area contributed by atoms with Crippen LogP contribution < -0.4 is 10.1 Å². The smallest absolute Gasteiger partial charge is 0.323 e. The fraction of sp³-hybridized carbons (Fsp3) is 0.357. The van der Waals surface area contributed by atoms with Gasteiger partial charge in [0.2, 0.25) is 5.88 Å². The average Bonchev–Trinajstić information content (AvgIpc) is 3.18. The van der Waals surface area contributed by atoms with Crippen LogP contribution in [0.15, 0.2) is 35.2 Å². The lowest BCUT2D eigenvalue weighted by molar-refractivity contribution is 0.200. The third-order valence-electron chi connectivity index (χ3n) is 3.47. The van der Waals surface area contributed by atoms with Crippen LogP contribution in [0.5, 0.6) is 5.88 Å². The van der Waals surface area contributed by atoms with Crippen LogP contribution in [-0.4, -0.2) is 34.6 Å². The number of furan rings is 1. The van der Waals surface area contributed by atoms with Crippen molar-refractivity contribution in [3.05, 3.63) is 36.5 Å². The minimum Gasteiger partial charge on any atom is -0.481 e. The van der Waals surface area contributed by atoms with Crippen LogP contribution in [0.2, 0.25) is 0 Å². The zero-order chi connectivity index (χ0) is 14.7. The highest BCUT2D eigenvalue weighted by molar-refractivity contribution is 5.88. The highest BCUT2D eigenvalue weighted by atomic mass is 16.5. The Bertz CT molecular complexity index is 614. The molecule has 0 spiro atoms. The van der Waals surface area contributed by atoms with Crippen molar-refractivity contribution < 1.29 is 13.9 Å². The first-order valence-corrected chi connectivity index (χ1v) is 6.75. The Kier molecular flexibility index (Phi) is 3.72. The number of amides is 2. The number of nitrogens with one attached hydrogen (secondary N) is 1. The third-order valence-corrected chi connectivity index (χ3v) is 3.47. The molecule has 21 heavy (non-hydrogen) atoms. The molecule has 2 amide bonds. The van der Waals surface area contributed by atoms with E-state index in [9.17, 15) is 4.79 Å². The predicted octanol–water partition coefficient (Wildman–Crippen LogP) is 2.45. The summed E-state index contributed by atoms with van der Waals surface area (Å²) in [5.74, 6) is 1.63. The molecule has 1 fully saturated rings. The first kappa shape index (κ1) is 13.4. The van der Waals surface area contributed by atoms with Crippen molar-refractivity contribution in [2.24, 2.45) is 0 Å². The molecular weight excluding hydrogens is 272 g/mol. The number of hydrogen-bond donors (Lipinski definition) is 1. The highest BCUT2D eigenvalue weighted by Gasteiger charge is 2.31. The summed E-state index contributed by atoms with van der Waals surface area (Å²) in [6.07, 6.45) is 4.82. The molecule has 110 valence electrons. The third kappa shape index (κ3) is 2.81. The molecule has 7 nitrogen and oxygen atoms in total. The molecule has 7 heteroatoms. The normalized spacial score (nSPS) is 17.8. The second-order valence-electron chi connectivity index (χ2n) is 4.74. The molecule has 1 aliphatic rings. The highest BCUT2D eigenvalue weighted by Crippen LogP contribution is 2.32. The molecule has 0 aliphatic carbocycles. The zero-order valence-electron chi connectivity index (χ0n) is 11.7. The van der Waals surface area contributed by atoms with Crippen molar-refractivity contribution in [2.45, 2.75) is 18.9 Å². The summed E-state index contributed by atoms with van der Waals surface area (Å²) in [6, 6.07) is 5.08. The van der Waals surface area contributed by atoms with Crippen LogP contribution >= 0.6 is 0 Å². The average molecular weight is 288 g/mol. The number of carbonyl (C=O) groups is 1. The lowest BCUT2D eigenvalue weighted by Crippen LogP contribution is -2.34. The molecule has 0 aromatic carbocycles. The molecule has 0 radical (unpaired) electrons. The summed E-state index contributed by atoms with van der Waals surface area (Å²) < 4.78 is 10.4. The number of methoxy groups -OCH3 is 1. The van der Waals surface area contributed by atoms with Crippen molar-refractivity contribution in [3.63, 3.8) is 0 Å². The lowest BCUT2D eigenvalue weighted by Gasteiger charge is -2.23. The maximum atomic E-state index is 12.4. The number of rotatable bonds is 3. The standard InChI is InChI=1S/C14H16N4O3/c1-20-13-8-12(15-9-16-13)17-14(19)18-6-2-4-10(18)11-5-3-7-21-11/h3,5,7-10H,2,4,6H2,1H3,(H,15,16,17,19)/t10-/m1/s1. The van der Waals surface area contributed by atoms with Gasteiger partial charge in [-0.3, -0.25) is 5.32 Å². The molecule has 2 aromatic heterocycles. The Morgan fingerprint density at radius 1 is 1.52 bits per heavy atom. The lowest BCUT2D eigenvalue weighted by atomic mass is 10.2. The van der Waals surface area contributed by atoms with Gasteiger partial charge in [0.25, 0.3) is 0 Å². The van der Waals surface area contributed by atoms with Gasteiger partial charge in [0.1, 0.15) is 17.9 Å². The summed E-state index contributed by atoms with van der Waals surface area (Å²) in [5.41, 5.74) is 0. The van der Waals surface area contributed by atoms with Gasteiger partial charge in [-0.05, 0) is 25.0 Å². The first-order chi connectivity index (χ1) is 10.3.